The highest BCUT2D eigenvalue weighted by molar-refractivity contribution is 5.25. The van der Waals surface area contributed by atoms with Crippen molar-refractivity contribution in [3.8, 4) is 0 Å². The Bertz CT molecular complexity index is 260. The van der Waals surface area contributed by atoms with Gasteiger partial charge in [-0.1, -0.05) is 50.6 Å². The monoisotopic (exact) mass is 176 g/mol. The second-order valence-corrected chi connectivity index (χ2v) is 4.17. The van der Waals surface area contributed by atoms with Gasteiger partial charge in [-0.3, -0.25) is 0 Å². The first-order valence-corrected chi connectivity index (χ1v) is 5.21. The van der Waals surface area contributed by atoms with Gasteiger partial charge in [-0.05, 0) is 30.7 Å². The Morgan fingerprint density at radius 2 is 1.92 bits per heavy atom. The van der Waals surface area contributed by atoms with E-state index >= 15 is 0 Å². The van der Waals surface area contributed by atoms with Crippen LogP contribution >= 0.6 is 0 Å². The fourth-order valence-corrected chi connectivity index (χ4v) is 1.99. The molecule has 1 aromatic carbocycles. The van der Waals surface area contributed by atoms with Crippen molar-refractivity contribution in [2.75, 3.05) is 0 Å². The molecule has 0 aromatic heterocycles. The van der Waals surface area contributed by atoms with Gasteiger partial charge < -0.3 is 0 Å². The highest BCUT2D eigenvalue weighted by Crippen LogP contribution is 2.27. The predicted octanol–water partition coefficient (Wildman–Crippen LogP) is 4.14. The van der Waals surface area contributed by atoms with E-state index in [-0.39, 0.29) is 0 Å². The number of benzene rings is 1. The standard InChI is InChI=1S/C13H20/c1-5-13(10(2)3)12-8-6-7-11(4)9-12/h6-10,13H,5H2,1-4H3. The molecule has 1 aromatic rings. The first-order valence-electron chi connectivity index (χ1n) is 5.21. The molecule has 0 N–H and O–H groups in total. The summed E-state index contributed by atoms with van der Waals surface area (Å²) in [5.74, 6) is 1.46. The van der Waals surface area contributed by atoms with E-state index < -0.39 is 0 Å². The van der Waals surface area contributed by atoms with Crippen LogP contribution in [0.2, 0.25) is 0 Å². The second kappa shape index (κ2) is 4.45. The molecule has 0 aliphatic carbocycles. The van der Waals surface area contributed by atoms with Crippen LogP contribution in [0.4, 0.5) is 0 Å². The minimum absolute atomic E-state index is 0.722. The lowest BCUT2D eigenvalue weighted by Crippen LogP contribution is -2.05. The maximum Gasteiger partial charge on any atom is -0.0141 e. The zero-order chi connectivity index (χ0) is 9.84. The van der Waals surface area contributed by atoms with Gasteiger partial charge in [0.2, 0.25) is 0 Å². The Labute approximate surface area is 82.0 Å². The molecule has 0 amide bonds. The van der Waals surface area contributed by atoms with Crippen molar-refractivity contribution in [1.82, 2.24) is 0 Å². The van der Waals surface area contributed by atoms with Crippen LogP contribution in [-0.4, -0.2) is 0 Å². The van der Waals surface area contributed by atoms with Crippen LogP contribution in [0.15, 0.2) is 24.3 Å². The third kappa shape index (κ3) is 2.58. The summed E-state index contributed by atoms with van der Waals surface area (Å²) in [7, 11) is 0. The Morgan fingerprint density at radius 1 is 1.23 bits per heavy atom. The van der Waals surface area contributed by atoms with E-state index in [4.69, 9.17) is 0 Å². The van der Waals surface area contributed by atoms with Crippen molar-refractivity contribution in [3.05, 3.63) is 35.4 Å². The van der Waals surface area contributed by atoms with Crippen LogP contribution in [0.5, 0.6) is 0 Å². The molecule has 0 saturated heterocycles. The number of hydrogen-bond donors (Lipinski definition) is 0. The Morgan fingerprint density at radius 3 is 2.38 bits per heavy atom. The summed E-state index contributed by atoms with van der Waals surface area (Å²) in [6, 6.07) is 8.89. The van der Waals surface area contributed by atoms with E-state index in [9.17, 15) is 0 Å². The van der Waals surface area contributed by atoms with E-state index in [2.05, 4.69) is 52.0 Å². The van der Waals surface area contributed by atoms with E-state index in [1.54, 1.807) is 0 Å². The molecule has 0 radical (unpaired) electrons. The van der Waals surface area contributed by atoms with E-state index in [1.165, 1.54) is 17.5 Å². The van der Waals surface area contributed by atoms with Crippen molar-refractivity contribution in [3.63, 3.8) is 0 Å². The SMILES string of the molecule is CCC(c1cccc(C)c1)C(C)C. The molecular weight excluding hydrogens is 156 g/mol. The highest BCUT2D eigenvalue weighted by Gasteiger charge is 2.12. The third-order valence-electron chi connectivity index (χ3n) is 2.71. The molecule has 0 aliphatic rings. The van der Waals surface area contributed by atoms with Crippen molar-refractivity contribution in [2.45, 2.75) is 40.0 Å². The molecule has 0 fully saturated rings. The smallest absolute Gasteiger partial charge is 0.0141 e. The van der Waals surface area contributed by atoms with Crippen LogP contribution in [0.25, 0.3) is 0 Å². The van der Waals surface area contributed by atoms with Crippen LogP contribution < -0.4 is 0 Å². The van der Waals surface area contributed by atoms with Gasteiger partial charge in [0.15, 0.2) is 0 Å². The molecule has 1 unspecified atom stereocenters. The molecule has 1 rings (SSSR count). The van der Waals surface area contributed by atoms with Gasteiger partial charge in [0.25, 0.3) is 0 Å². The first-order chi connectivity index (χ1) is 6.15. The molecule has 0 bridgehead atoms. The molecule has 0 nitrogen and oxygen atoms in total. The first kappa shape index (κ1) is 10.3. The molecular formula is C13H20. The predicted molar refractivity (Wildman–Crippen MR) is 59.0 cm³/mol. The molecule has 72 valence electrons. The normalized spacial score (nSPS) is 13.3. The molecule has 13 heavy (non-hydrogen) atoms. The third-order valence-corrected chi connectivity index (χ3v) is 2.71. The summed E-state index contributed by atoms with van der Waals surface area (Å²) in [6.45, 7) is 9.04. The van der Waals surface area contributed by atoms with Gasteiger partial charge in [0.1, 0.15) is 0 Å². The van der Waals surface area contributed by atoms with Gasteiger partial charge >= 0.3 is 0 Å². The van der Waals surface area contributed by atoms with Gasteiger partial charge in [0, 0.05) is 0 Å². The average molecular weight is 176 g/mol. The lowest BCUT2D eigenvalue weighted by atomic mass is 9.86. The Hall–Kier alpha value is -0.780. The Balaban J connectivity index is 2.91. The van der Waals surface area contributed by atoms with Crippen LogP contribution in [0.1, 0.15) is 44.2 Å². The summed E-state index contributed by atoms with van der Waals surface area (Å²) >= 11 is 0. The minimum Gasteiger partial charge on any atom is -0.0648 e. The van der Waals surface area contributed by atoms with E-state index in [1.807, 2.05) is 0 Å². The summed E-state index contributed by atoms with van der Waals surface area (Å²) in [5.41, 5.74) is 2.87. The van der Waals surface area contributed by atoms with Crippen molar-refractivity contribution in [2.24, 2.45) is 5.92 Å². The van der Waals surface area contributed by atoms with Crippen molar-refractivity contribution in [1.29, 1.82) is 0 Å². The number of hydrogen-bond acceptors (Lipinski definition) is 0. The molecule has 0 aliphatic heterocycles. The largest absolute Gasteiger partial charge is 0.0648 e. The number of aryl methyl sites for hydroxylation is 1. The number of rotatable bonds is 3. The van der Waals surface area contributed by atoms with Gasteiger partial charge in [-0.25, -0.2) is 0 Å². The van der Waals surface area contributed by atoms with Crippen LogP contribution in [0, 0.1) is 12.8 Å². The van der Waals surface area contributed by atoms with E-state index in [0.29, 0.717) is 0 Å². The quantitative estimate of drug-likeness (QED) is 0.649. The van der Waals surface area contributed by atoms with Crippen LogP contribution in [0.3, 0.4) is 0 Å². The minimum atomic E-state index is 0.722. The molecule has 0 spiro atoms. The van der Waals surface area contributed by atoms with Crippen molar-refractivity contribution >= 4 is 0 Å². The fraction of sp³-hybridized carbons (Fsp3) is 0.538. The molecule has 0 heterocycles. The summed E-state index contributed by atoms with van der Waals surface area (Å²) < 4.78 is 0. The molecule has 0 saturated carbocycles. The van der Waals surface area contributed by atoms with E-state index in [0.717, 1.165) is 11.8 Å². The maximum absolute atomic E-state index is 2.31. The lowest BCUT2D eigenvalue weighted by Gasteiger charge is -2.19. The van der Waals surface area contributed by atoms with Crippen molar-refractivity contribution < 1.29 is 0 Å². The molecule has 0 heteroatoms. The zero-order valence-electron chi connectivity index (χ0n) is 9.17. The maximum atomic E-state index is 2.31. The summed E-state index contributed by atoms with van der Waals surface area (Å²) in [4.78, 5) is 0. The van der Waals surface area contributed by atoms with Crippen LogP contribution in [-0.2, 0) is 0 Å². The molecule has 1 atom stereocenters. The average Bonchev–Trinajstić information content (AvgIpc) is 2.04. The Kier molecular flexibility index (Phi) is 3.53. The topological polar surface area (TPSA) is 0 Å². The highest BCUT2D eigenvalue weighted by atomic mass is 14.2. The fourth-order valence-electron chi connectivity index (χ4n) is 1.99. The summed E-state index contributed by atoms with van der Waals surface area (Å²) in [6.07, 6.45) is 1.24. The van der Waals surface area contributed by atoms with Gasteiger partial charge in [-0.2, -0.15) is 0 Å². The lowest BCUT2D eigenvalue weighted by molar-refractivity contribution is 0.485. The zero-order valence-corrected chi connectivity index (χ0v) is 9.17. The second-order valence-electron chi connectivity index (χ2n) is 4.17. The summed E-state index contributed by atoms with van der Waals surface area (Å²) in [5, 5.41) is 0. The van der Waals surface area contributed by atoms with Gasteiger partial charge in [-0.15, -0.1) is 0 Å². The van der Waals surface area contributed by atoms with Gasteiger partial charge in [0.05, 0.1) is 0 Å².